The van der Waals surface area contributed by atoms with E-state index in [9.17, 15) is 4.79 Å². The van der Waals surface area contributed by atoms with Gasteiger partial charge in [0.25, 0.3) is 5.91 Å². The summed E-state index contributed by atoms with van der Waals surface area (Å²) in [7, 11) is 3.82. The number of carbonyl (C=O) groups excluding carboxylic acids is 1. The van der Waals surface area contributed by atoms with Crippen molar-refractivity contribution < 1.29 is 4.79 Å². The van der Waals surface area contributed by atoms with Gasteiger partial charge in [0.2, 0.25) is 0 Å². The summed E-state index contributed by atoms with van der Waals surface area (Å²) < 4.78 is 5.45. The molecule has 1 saturated carbocycles. The Labute approximate surface area is 226 Å². The van der Waals surface area contributed by atoms with Crippen LogP contribution in [-0.4, -0.2) is 60.4 Å². The first-order chi connectivity index (χ1) is 19.0. The number of nitrogens with zero attached hydrogens (tertiary/aromatic N) is 7. The molecule has 200 valence electrons. The van der Waals surface area contributed by atoms with Gasteiger partial charge in [-0.15, -0.1) is 0 Å². The maximum atomic E-state index is 13.6. The SMILES string of the molecule is Cn1cc2cc(NC(=O)c3ccc(N4CCC(NC5CC5)CC4)c4cn(C)nc34)cc(Cn3cccn3)c2n1. The second-order valence-corrected chi connectivity index (χ2v) is 10.9. The van der Waals surface area contributed by atoms with Gasteiger partial charge >= 0.3 is 0 Å². The number of anilines is 2. The fourth-order valence-electron chi connectivity index (χ4n) is 5.82. The molecular weight excluding hydrogens is 490 g/mol. The van der Waals surface area contributed by atoms with E-state index >= 15 is 0 Å². The molecule has 4 heterocycles. The number of carbonyl (C=O) groups is 1. The minimum absolute atomic E-state index is 0.175. The third kappa shape index (κ3) is 4.76. The summed E-state index contributed by atoms with van der Waals surface area (Å²) in [6.45, 7) is 2.57. The van der Waals surface area contributed by atoms with Gasteiger partial charge in [0, 0.05) is 91.8 Å². The normalized spacial score (nSPS) is 16.4. The molecule has 2 aromatic carbocycles. The van der Waals surface area contributed by atoms with Crippen LogP contribution in [0.15, 0.2) is 55.1 Å². The van der Waals surface area contributed by atoms with Crippen molar-refractivity contribution in [1.29, 1.82) is 0 Å². The quantitative estimate of drug-likeness (QED) is 0.338. The summed E-state index contributed by atoms with van der Waals surface area (Å²) >= 11 is 0. The van der Waals surface area contributed by atoms with E-state index in [0.29, 0.717) is 18.2 Å². The van der Waals surface area contributed by atoms with Gasteiger partial charge in [0.15, 0.2) is 0 Å². The molecule has 39 heavy (non-hydrogen) atoms. The number of aryl methyl sites for hydroxylation is 2. The molecule has 0 bridgehead atoms. The van der Waals surface area contributed by atoms with Crippen LogP contribution < -0.4 is 15.5 Å². The van der Waals surface area contributed by atoms with Crippen LogP contribution >= 0.6 is 0 Å². The van der Waals surface area contributed by atoms with Gasteiger partial charge in [-0.1, -0.05) is 0 Å². The van der Waals surface area contributed by atoms with Crippen LogP contribution in [-0.2, 0) is 20.6 Å². The number of fused-ring (bicyclic) bond motifs is 2. The summed E-state index contributed by atoms with van der Waals surface area (Å²) in [5, 5.41) is 22.6. The second-order valence-electron chi connectivity index (χ2n) is 10.9. The Morgan fingerprint density at radius 2 is 1.74 bits per heavy atom. The fraction of sp³-hybridized carbons (Fsp3) is 0.379. The van der Waals surface area contributed by atoms with Crippen LogP contribution in [0.1, 0.15) is 41.6 Å². The highest BCUT2D eigenvalue weighted by Crippen LogP contribution is 2.32. The van der Waals surface area contributed by atoms with Crippen LogP contribution in [0.4, 0.5) is 11.4 Å². The van der Waals surface area contributed by atoms with Crippen LogP contribution in [0.2, 0.25) is 0 Å². The highest BCUT2D eigenvalue weighted by atomic mass is 16.1. The number of rotatable bonds is 7. The zero-order valence-electron chi connectivity index (χ0n) is 22.3. The number of piperidine rings is 1. The van der Waals surface area contributed by atoms with Gasteiger partial charge in [-0.2, -0.15) is 15.3 Å². The molecule has 10 heteroatoms. The zero-order chi connectivity index (χ0) is 26.5. The Morgan fingerprint density at radius 1 is 0.974 bits per heavy atom. The highest BCUT2D eigenvalue weighted by Gasteiger charge is 2.28. The first-order valence-corrected chi connectivity index (χ1v) is 13.7. The van der Waals surface area contributed by atoms with Crippen molar-refractivity contribution in [3.8, 4) is 0 Å². The lowest BCUT2D eigenvalue weighted by atomic mass is 10.0. The lowest BCUT2D eigenvalue weighted by Gasteiger charge is -2.34. The maximum absolute atomic E-state index is 13.6. The van der Waals surface area contributed by atoms with E-state index in [1.165, 1.54) is 12.8 Å². The summed E-state index contributed by atoms with van der Waals surface area (Å²) in [6, 6.07) is 11.2. The summed E-state index contributed by atoms with van der Waals surface area (Å²) in [6.07, 6.45) is 12.6. The first kappa shape index (κ1) is 23.9. The Bertz CT molecular complexity index is 1650. The number of benzene rings is 2. The Morgan fingerprint density at radius 3 is 2.51 bits per heavy atom. The number of hydrogen-bond acceptors (Lipinski definition) is 6. The average Bonchev–Trinajstić information content (AvgIpc) is 3.24. The molecule has 7 rings (SSSR count). The second kappa shape index (κ2) is 9.53. The van der Waals surface area contributed by atoms with Crippen molar-refractivity contribution in [2.24, 2.45) is 14.1 Å². The molecule has 2 N–H and O–H groups in total. The van der Waals surface area contributed by atoms with Crippen molar-refractivity contribution in [3.05, 3.63) is 66.2 Å². The minimum Gasteiger partial charge on any atom is -0.371 e. The molecule has 0 atom stereocenters. The van der Waals surface area contributed by atoms with Crippen molar-refractivity contribution >= 4 is 39.1 Å². The van der Waals surface area contributed by atoms with Crippen molar-refractivity contribution in [3.63, 3.8) is 0 Å². The summed E-state index contributed by atoms with van der Waals surface area (Å²) in [4.78, 5) is 16.1. The van der Waals surface area contributed by atoms with Crippen LogP contribution in [0.5, 0.6) is 0 Å². The third-order valence-corrected chi connectivity index (χ3v) is 7.85. The molecule has 3 aromatic heterocycles. The molecule has 5 aromatic rings. The average molecular weight is 524 g/mol. The topological polar surface area (TPSA) is 97.8 Å². The number of nitrogens with one attached hydrogen (secondary N) is 2. The van der Waals surface area contributed by atoms with Crippen LogP contribution in [0.3, 0.4) is 0 Å². The van der Waals surface area contributed by atoms with Gasteiger partial charge in [0.1, 0.15) is 5.52 Å². The summed E-state index contributed by atoms with van der Waals surface area (Å²) in [5.41, 5.74) is 5.06. The van der Waals surface area contributed by atoms with Crippen LogP contribution in [0.25, 0.3) is 21.8 Å². The van der Waals surface area contributed by atoms with E-state index in [1.54, 1.807) is 15.6 Å². The van der Waals surface area contributed by atoms with E-state index in [1.807, 2.05) is 61.6 Å². The Hall–Kier alpha value is -4.18. The van der Waals surface area contributed by atoms with Crippen molar-refractivity contribution in [1.82, 2.24) is 34.7 Å². The van der Waals surface area contributed by atoms with Gasteiger partial charge in [0.05, 0.1) is 17.6 Å². The van der Waals surface area contributed by atoms with E-state index in [-0.39, 0.29) is 5.91 Å². The Kier molecular flexibility index (Phi) is 5.84. The lowest BCUT2D eigenvalue weighted by molar-refractivity contribution is 0.102. The molecule has 1 aliphatic heterocycles. The number of aromatic nitrogens is 6. The number of amides is 1. The largest absolute Gasteiger partial charge is 0.371 e. The van der Waals surface area contributed by atoms with E-state index in [0.717, 1.165) is 70.7 Å². The van der Waals surface area contributed by atoms with Gasteiger partial charge in [-0.3, -0.25) is 18.8 Å². The first-order valence-electron chi connectivity index (χ1n) is 13.7. The predicted octanol–water partition coefficient (Wildman–Crippen LogP) is 3.68. The van der Waals surface area contributed by atoms with E-state index < -0.39 is 0 Å². The minimum atomic E-state index is -0.175. The predicted molar refractivity (Wildman–Crippen MR) is 152 cm³/mol. The standard InChI is InChI=1S/C29H33N9O/c1-35-16-19-14-23(15-20(27(19)33-35)17-38-11-3-10-30-38)32-29(39)24-6-7-26(25-18-36(2)34-28(24)25)37-12-8-22(9-13-37)31-21-4-5-21/h3,6-7,10-11,14-16,18,21-22,31H,4-5,8-9,12-13,17H2,1-2H3,(H,32,39). The maximum Gasteiger partial charge on any atom is 0.257 e. The lowest BCUT2D eigenvalue weighted by Crippen LogP contribution is -2.43. The Balaban J connectivity index is 1.16. The van der Waals surface area contributed by atoms with Crippen molar-refractivity contribution in [2.75, 3.05) is 23.3 Å². The van der Waals surface area contributed by atoms with Gasteiger partial charge in [-0.05, 0) is 56.0 Å². The third-order valence-electron chi connectivity index (χ3n) is 7.85. The number of hydrogen-bond donors (Lipinski definition) is 2. The molecule has 1 saturated heterocycles. The summed E-state index contributed by atoms with van der Waals surface area (Å²) in [5.74, 6) is -0.175. The molecule has 2 aliphatic rings. The molecule has 2 fully saturated rings. The fourth-order valence-corrected chi connectivity index (χ4v) is 5.82. The van der Waals surface area contributed by atoms with E-state index in [4.69, 9.17) is 5.10 Å². The monoisotopic (exact) mass is 523 g/mol. The van der Waals surface area contributed by atoms with Gasteiger partial charge < -0.3 is 15.5 Å². The molecule has 0 spiro atoms. The molecule has 1 amide bonds. The molecule has 0 unspecified atom stereocenters. The molecule has 1 aliphatic carbocycles. The molecular formula is C29H33N9O. The van der Waals surface area contributed by atoms with Crippen LogP contribution in [0, 0.1) is 0 Å². The zero-order valence-corrected chi connectivity index (χ0v) is 22.3. The smallest absolute Gasteiger partial charge is 0.257 e. The molecule has 0 radical (unpaired) electrons. The van der Waals surface area contributed by atoms with Gasteiger partial charge in [-0.25, -0.2) is 0 Å². The van der Waals surface area contributed by atoms with E-state index in [2.05, 4.69) is 31.8 Å². The molecule has 10 nitrogen and oxygen atoms in total. The highest BCUT2D eigenvalue weighted by molar-refractivity contribution is 6.14. The van der Waals surface area contributed by atoms with Crippen molar-refractivity contribution in [2.45, 2.75) is 44.3 Å².